The van der Waals surface area contributed by atoms with Gasteiger partial charge in [0.2, 0.25) is 11.8 Å². The second-order valence-corrected chi connectivity index (χ2v) is 6.10. The summed E-state index contributed by atoms with van der Waals surface area (Å²) in [7, 11) is 0. The molecule has 0 aromatic carbocycles. The van der Waals surface area contributed by atoms with E-state index in [0.29, 0.717) is 37.1 Å². The monoisotopic (exact) mass is 306 g/mol. The van der Waals surface area contributed by atoms with Crippen LogP contribution in [0.1, 0.15) is 25.0 Å². The highest BCUT2D eigenvalue weighted by Crippen LogP contribution is 2.28. The van der Waals surface area contributed by atoms with Crippen molar-refractivity contribution in [1.82, 2.24) is 15.0 Å². The third kappa shape index (κ3) is 3.47. The van der Waals surface area contributed by atoms with Crippen molar-refractivity contribution in [2.45, 2.75) is 26.2 Å². The van der Waals surface area contributed by atoms with Gasteiger partial charge in [-0.3, -0.25) is 14.5 Å². The first kappa shape index (κ1) is 15.0. The second-order valence-electron chi connectivity index (χ2n) is 6.10. The fourth-order valence-electron chi connectivity index (χ4n) is 2.85. The van der Waals surface area contributed by atoms with Crippen LogP contribution in [0.2, 0.25) is 0 Å². The average Bonchev–Trinajstić information content (AvgIpc) is 2.82. The van der Waals surface area contributed by atoms with Gasteiger partial charge in [0.05, 0.1) is 6.54 Å². The van der Waals surface area contributed by atoms with E-state index in [-0.39, 0.29) is 11.8 Å². The lowest BCUT2D eigenvalue weighted by atomic mass is 9.84. The first-order valence-corrected chi connectivity index (χ1v) is 7.86. The molecule has 0 spiro atoms. The van der Waals surface area contributed by atoms with Gasteiger partial charge in [-0.15, -0.1) is 0 Å². The number of rotatable bonds is 4. The third-order valence-corrected chi connectivity index (χ3v) is 4.40. The number of nitrogens with one attached hydrogen (secondary N) is 1. The van der Waals surface area contributed by atoms with E-state index in [1.165, 1.54) is 6.42 Å². The van der Waals surface area contributed by atoms with E-state index in [2.05, 4.69) is 15.4 Å². The molecule has 2 heterocycles. The Kier molecular flexibility index (Phi) is 4.42. The number of carbonyl (C=O) groups excluding carboxylic acids is 2. The summed E-state index contributed by atoms with van der Waals surface area (Å²) in [5, 5.41) is 6.46. The summed E-state index contributed by atoms with van der Waals surface area (Å²) < 4.78 is 4.91. The zero-order valence-corrected chi connectivity index (χ0v) is 12.9. The zero-order valence-electron chi connectivity index (χ0n) is 12.9. The van der Waals surface area contributed by atoms with Gasteiger partial charge >= 0.3 is 0 Å². The lowest BCUT2D eigenvalue weighted by molar-refractivity contribution is -0.140. The number of hydrogen-bond donors (Lipinski definition) is 1. The number of nitrogens with zero attached hydrogens (tertiary/aromatic N) is 3. The Morgan fingerprint density at radius 1 is 1.32 bits per heavy atom. The van der Waals surface area contributed by atoms with Crippen molar-refractivity contribution < 1.29 is 14.1 Å². The molecule has 120 valence electrons. The number of anilines is 1. The molecule has 7 nitrogen and oxygen atoms in total. The van der Waals surface area contributed by atoms with Crippen molar-refractivity contribution in [3.8, 4) is 0 Å². The smallest absolute Gasteiger partial charge is 0.239 e. The summed E-state index contributed by atoms with van der Waals surface area (Å²) in [6, 6.07) is 1.69. The van der Waals surface area contributed by atoms with Crippen LogP contribution in [0.5, 0.6) is 0 Å². The van der Waals surface area contributed by atoms with E-state index in [4.69, 9.17) is 4.52 Å². The van der Waals surface area contributed by atoms with Crippen LogP contribution in [0.4, 0.5) is 5.82 Å². The first-order chi connectivity index (χ1) is 10.6. The lowest BCUT2D eigenvalue weighted by Crippen LogP contribution is -2.52. The number of amides is 2. The molecular formula is C15H22N4O3. The maximum Gasteiger partial charge on any atom is 0.239 e. The maximum absolute atomic E-state index is 12.2. The summed E-state index contributed by atoms with van der Waals surface area (Å²) in [6.45, 7) is 5.00. The minimum absolute atomic E-state index is 0.105. The highest BCUT2D eigenvalue weighted by molar-refractivity contribution is 5.91. The molecule has 0 unspecified atom stereocenters. The van der Waals surface area contributed by atoms with Crippen molar-refractivity contribution in [3.63, 3.8) is 0 Å². The molecule has 7 heteroatoms. The van der Waals surface area contributed by atoms with Gasteiger partial charge in [-0.1, -0.05) is 11.6 Å². The van der Waals surface area contributed by atoms with E-state index in [1.54, 1.807) is 13.0 Å². The van der Waals surface area contributed by atoms with Crippen molar-refractivity contribution in [1.29, 1.82) is 0 Å². The lowest BCUT2D eigenvalue weighted by Gasteiger charge is -2.37. The summed E-state index contributed by atoms with van der Waals surface area (Å²) in [5.74, 6) is 1.56. The van der Waals surface area contributed by atoms with Crippen molar-refractivity contribution in [2.75, 3.05) is 38.0 Å². The summed E-state index contributed by atoms with van der Waals surface area (Å²) in [4.78, 5) is 28.1. The SMILES string of the molecule is Cc1cc(NC(=O)CN2CCN(C(=O)C3CCC3)CC2)no1. The molecule has 2 fully saturated rings. The number of aromatic nitrogens is 1. The largest absolute Gasteiger partial charge is 0.360 e. The van der Waals surface area contributed by atoms with Crippen LogP contribution in [0.15, 0.2) is 10.6 Å². The predicted molar refractivity (Wildman–Crippen MR) is 80.2 cm³/mol. The predicted octanol–water partition coefficient (Wildman–Crippen LogP) is 0.866. The number of carbonyl (C=O) groups is 2. The molecule has 1 aliphatic heterocycles. The van der Waals surface area contributed by atoms with Gasteiger partial charge in [0.1, 0.15) is 5.76 Å². The van der Waals surface area contributed by atoms with Gasteiger partial charge < -0.3 is 14.7 Å². The van der Waals surface area contributed by atoms with Crippen LogP contribution in [0, 0.1) is 12.8 Å². The topological polar surface area (TPSA) is 78.7 Å². The summed E-state index contributed by atoms with van der Waals surface area (Å²) >= 11 is 0. The Hall–Kier alpha value is -1.89. The van der Waals surface area contributed by atoms with E-state index in [9.17, 15) is 9.59 Å². The van der Waals surface area contributed by atoms with Gasteiger partial charge in [-0.25, -0.2) is 0 Å². The fraction of sp³-hybridized carbons (Fsp3) is 0.667. The molecule has 1 aliphatic carbocycles. The maximum atomic E-state index is 12.2. The van der Waals surface area contributed by atoms with Crippen LogP contribution in [-0.4, -0.2) is 59.5 Å². The Morgan fingerprint density at radius 3 is 2.59 bits per heavy atom. The Balaban J connectivity index is 1.41. The van der Waals surface area contributed by atoms with Gasteiger partial charge in [-0.2, -0.15) is 0 Å². The van der Waals surface area contributed by atoms with E-state index in [1.807, 2.05) is 4.90 Å². The Morgan fingerprint density at radius 2 is 2.05 bits per heavy atom. The third-order valence-electron chi connectivity index (χ3n) is 4.40. The van der Waals surface area contributed by atoms with Crippen LogP contribution < -0.4 is 5.32 Å². The molecule has 1 aromatic heterocycles. The molecule has 0 radical (unpaired) electrons. The fourth-order valence-corrected chi connectivity index (χ4v) is 2.85. The summed E-state index contributed by atoms with van der Waals surface area (Å²) in [5.41, 5.74) is 0. The number of hydrogen-bond acceptors (Lipinski definition) is 5. The van der Waals surface area contributed by atoms with E-state index < -0.39 is 0 Å². The zero-order chi connectivity index (χ0) is 15.5. The van der Waals surface area contributed by atoms with Crippen LogP contribution in [0.25, 0.3) is 0 Å². The molecular weight excluding hydrogens is 284 g/mol. The van der Waals surface area contributed by atoms with Crippen LogP contribution >= 0.6 is 0 Å². The second kappa shape index (κ2) is 6.48. The van der Waals surface area contributed by atoms with Gasteiger partial charge in [0, 0.05) is 38.2 Å². The van der Waals surface area contributed by atoms with E-state index in [0.717, 1.165) is 25.9 Å². The van der Waals surface area contributed by atoms with Crippen molar-refractivity contribution >= 4 is 17.6 Å². The number of piperazine rings is 1. The Labute approximate surface area is 129 Å². The van der Waals surface area contributed by atoms with Crippen molar-refractivity contribution in [2.24, 2.45) is 5.92 Å². The highest BCUT2D eigenvalue weighted by Gasteiger charge is 2.31. The Bertz CT molecular complexity index is 545. The molecule has 1 aromatic rings. The quantitative estimate of drug-likeness (QED) is 0.893. The normalized spacial score (nSPS) is 19.8. The highest BCUT2D eigenvalue weighted by atomic mass is 16.5. The average molecular weight is 306 g/mol. The standard InChI is InChI=1S/C15H22N4O3/c1-11-9-13(17-22-11)16-14(20)10-18-5-7-19(8-6-18)15(21)12-3-2-4-12/h9,12H,2-8,10H2,1H3,(H,16,17,20). The molecule has 1 saturated carbocycles. The minimum atomic E-state index is -0.105. The van der Waals surface area contributed by atoms with Gasteiger partial charge in [0.25, 0.3) is 0 Å². The van der Waals surface area contributed by atoms with Crippen LogP contribution in [-0.2, 0) is 9.59 Å². The molecule has 2 aliphatic rings. The molecule has 1 saturated heterocycles. The van der Waals surface area contributed by atoms with Crippen LogP contribution in [0.3, 0.4) is 0 Å². The molecule has 2 amide bonds. The minimum Gasteiger partial charge on any atom is -0.360 e. The summed E-state index contributed by atoms with van der Waals surface area (Å²) in [6.07, 6.45) is 3.26. The molecule has 1 N–H and O–H groups in total. The number of aryl methyl sites for hydroxylation is 1. The van der Waals surface area contributed by atoms with E-state index >= 15 is 0 Å². The molecule has 22 heavy (non-hydrogen) atoms. The van der Waals surface area contributed by atoms with Gasteiger partial charge in [0.15, 0.2) is 5.82 Å². The molecule has 3 rings (SSSR count). The molecule has 0 atom stereocenters. The molecule has 0 bridgehead atoms. The van der Waals surface area contributed by atoms with Crippen molar-refractivity contribution in [3.05, 3.63) is 11.8 Å². The van der Waals surface area contributed by atoms with Gasteiger partial charge in [-0.05, 0) is 19.8 Å². The first-order valence-electron chi connectivity index (χ1n) is 7.86.